The highest BCUT2D eigenvalue weighted by molar-refractivity contribution is 5.74. The minimum Gasteiger partial charge on any atom is -0.376 e. The van der Waals surface area contributed by atoms with Crippen molar-refractivity contribution >= 4 is 6.03 Å². The van der Waals surface area contributed by atoms with Crippen molar-refractivity contribution in [2.75, 3.05) is 13.2 Å². The molecule has 2 heterocycles. The number of hydrogen-bond donors (Lipinski definition) is 2. The third-order valence-electron chi connectivity index (χ3n) is 4.12. The Morgan fingerprint density at radius 3 is 3.00 bits per heavy atom. The Bertz CT molecular complexity index is 697. The van der Waals surface area contributed by atoms with Gasteiger partial charge in [0, 0.05) is 38.2 Å². The summed E-state index contributed by atoms with van der Waals surface area (Å²) >= 11 is 0. The van der Waals surface area contributed by atoms with E-state index >= 15 is 0 Å². The number of aryl methyl sites for hydroxylation is 1. The Morgan fingerprint density at radius 1 is 1.50 bits per heavy atom. The zero-order valence-electron chi connectivity index (χ0n) is 13.5. The van der Waals surface area contributed by atoms with Crippen molar-refractivity contribution in [1.29, 1.82) is 0 Å². The number of carbonyl (C=O) groups excluding carboxylic acids is 1. The Balaban J connectivity index is 1.74. The van der Waals surface area contributed by atoms with Crippen LogP contribution in [0.2, 0.25) is 0 Å². The lowest BCUT2D eigenvalue weighted by molar-refractivity contribution is 0.111. The first kappa shape index (κ1) is 16.4. The molecule has 0 spiro atoms. The fraction of sp³-hybridized carbons (Fsp3) is 0.412. The second-order valence-electron chi connectivity index (χ2n) is 5.84. The first-order chi connectivity index (χ1) is 11.6. The number of halogens is 1. The molecule has 0 saturated carbocycles. The van der Waals surface area contributed by atoms with Crippen LogP contribution >= 0.6 is 0 Å². The van der Waals surface area contributed by atoms with E-state index in [2.05, 4.69) is 15.6 Å². The largest absolute Gasteiger partial charge is 0.376 e. The minimum absolute atomic E-state index is 0.0517. The van der Waals surface area contributed by atoms with Gasteiger partial charge >= 0.3 is 6.03 Å². The predicted octanol–water partition coefficient (Wildman–Crippen LogP) is 2.13. The van der Waals surface area contributed by atoms with E-state index in [-0.39, 0.29) is 18.0 Å². The zero-order valence-corrected chi connectivity index (χ0v) is 13.5. The third-order valence-corrected chi connectivity index (χ3v) is 4.12. The Kier molecular flexibility index (Phi) is 5.10. The van der Waals surface area contributed by atoms with Gasteiger partial charge in [-0.15, -0.1) is 0 Å². The molecule has 1 aliphatic rings. The molecule has 128 valence electrons. The summed E-state index contributed by atoms with van der Waals surface area (Å²) in [7, 11) is 1.81. The van der Waals surface area contributed by atoms with Crippen LogP contribution in [0.3, 0.4) is 0 Å². The van der Waals surface area contributed by atoms with Crippen molar-refractivity contribution in [2.45, 2.75) is 25.0 Å². The van der Waals surface area contributed by atoms with E-state index in [4.69, 9.17) is 4.74 Å². The van der Waals surface area contributed by atoms with Gasteiger partial charge in [0.25, 0.3) is 0 Å². The second kappa shape index (κ2) is 7.44. The summed E-state index contributed by atoms with van der Waals surface area (Å²) in [5.74, 6) is 0.178. The van der Waals surface area contributed by atoms with E-state index in [1.807, 2.05) is 7.05 Å². The van der Waals surface area contributed by atoms with Gasteiger partial charge in [-0.1, -0.05) is 18.2 Å². The molecule has 0 unspecified atom stereocenters. The Labute approximate surface area is 140 Å². The number of urea groups is 1. The van der Waals surface area contributed by atoms with Gasteiger partial charge in [0.2, 0.25) is 0 Å². The highest BCUT2D eigenvalue weighted by Gasteiger charge is 2.24. The van der Waals surface area contributed by atoms with Gasteiger partial charge in [-0.3, -0.25) is 0 Å². The molecule has 1 aliphatic heterocycles. The van der Waals surface area contributed by atoms with Crippen molar-refractivity contribution in [3.05, 3.63) is 53.9 Å². The first-order valence-corrected chi connectivity index (χ1v) is 8.03. The van der Waals surface area contributed by atoms with Crippen LogP contribution < -0.4 is 10.6 Å². The summed E-state index contributed by atoms with van der Waals surface area (Å²) in [6.07, 6.45) is 5.38. The maximum atomic E-state index is 14.2. The smallest absolute Gasteiger partial charge is 0.315 e. The number of ether oxygens (including phenoxy) is 1. The van der Waals surface area contributed by atoms with Crippen molar-refractivity contribution in [3.8, 4) is 0 Å². The minimum atomic E-state index is -0.671. The van der Waals surface area contributed by atoms with E-state index in [1.165, 1.54) is 6.07 Å². The maximum absolute atomic E-state index is 14.2. The van der Waals surface area contributed by atoms with E-state index in [9.17, 15) is 9.18 Å². The van der Waals surface area contributed by atoms with Crippen molar-refractivity contribution in [3.63, 3.8) is 0 Å². The van der Waals surface area contributed by atoms with E-state index in [0.29, 0.717) is 17.9 Å². The van der Waals surface area contributed by atoms with Gasteiger partial charge in [-0.05, 0) is 18.9 Å². The predicted molar refractivity (Wildman–Crippen MR) is 87.0 cm³/mol. The number of carbonyl (C=O) groups is 1. The highest BCUT2D eigenvalue weighted by atomic mass is 19.1. The summed E-state index contributed by atoms with van der Waals surface area (Å²) in [5.41, 5.74) is 0.374. The van der Waals surface area contributed by atoms with Crippen LogP contribution in [0, 0.1) is 5.82 Å². The number of hydrogen-bond acceptors (Lipinski definition) is 3. The molecule has 0 aliphatic carbocycles. The summed E-state index contributed by atoms with van der Waals surface area (Å²) in [6, 6.07) is 5.33. The summed E-state index contributed by atoms with van der Waals surface area (Å²) in [6.45, 7) is 1.18. The first-order valence-electron chi connectivity index (χ1n) is 8.03. The molecular weight excluding hydrogens is 311 g/mol. The van der Waals surface area contributed by atoms with Gasteiger partial charge in [-0.25, -0.2) is 14.2 Å². The number of imidazole rings is 1. The molecule has 7 heteroatoms. The van der Waals surface area contributed by atoms with Crippen molar-refractivity contribution < 1.29 is 13.9 Å². The summed E-state index contributed by atoms with van der Waals surface area (Å²) in [5, 5.41) is 5.60. The number of rotatable bonds is 5. The second-order valence-corrected chi connectivity index (χ2v) is 5.84. The number of amides is 2. The molecule has 1 aromatic heterocycles. The van der Waals surface area contributed by atoms with Gasteiger partial charge < -0.3 is 19.9 Å². The fourth-order valence-corrected chi connectivity index (χ4v) is 2.84. The molecule has 0 radical (unpaired) electrons. The molecular formula is C17H21FN4O2. The monoisotopic (exact) mass is 332 g/mol. The third kappa shape index (κ3) is 3.73. The van der Waals surface area contributed by atoms with Gasteiger partial charge in [0.15, 0.2) is 0 Å². The Hall–Kier alpha value is -2.41. The zero-order chi connectivity index (χ0) is 16.9. The molecule has 3 rings (SSSR count). The van der Waals surface area contributed by atoms with Gasteiger partial charge in [-0.2, -0.15) is 0 Å². The van der Waals surface area contributed by atoms with Gasteiger partial charge in [0.05, 0.1) is 6.10 Å². The molecule has 2 amide bonds. The average molecular weight is 332 g/mol. The van der Waals surface area contributed by atoms with Crippen LogP contribution in [0.1, 0.15) is 30.3 Å². The van der Waals surface area contributed by atoms with Crippen LogP contribution in [0.4, 0.5) is 9.18 Å². The molecule has 2 atom stereocenters. The van der Waals surface area contributed by atoms with E-state index in [0.717, 1.165) is 19.4 Å². The lowest BCUT2D eigenvalue weighted by Crippen LogP contribution is -2.42. The molecule has 1 saturated heterocycles. The average Bonchev–Trinajstić information content (AvgIpc) is 3.23. The van der Waals surface area contributed by atoms with Crippen LogP contribution in [-0.4, -0.2) is 34.8 Å². The number of nitrogens with zero attached hydrogens (tertiary/aromatic N) is 2. The van der Waals surface area contributed by atoms with Crippen molar-refractivity contribution in [1.82, 2.24) is 20.2 Å². The lowest BCUT2D eigenvalue weighted by Gasteiger charge is -2.20. The van der Waals surface area contributed by atoms with Crippen LogP contribution in [0.5, 0.6) is 0 Å². The van der Waals surface area contributed by atoms with E-state index in [1.54, 1.807) is 35.2 Å². The normalized spacial score (nSPS) is 18.3. The molecule has 1 fully saturated rings. The molecule has 6 nitrogen and oxygen atoms in total. The lowest BCUT2D eigenvalue weighted by atomic mass is 10.1. The number of nitrogens with one attached hydrogen (secondary N) is 2. The standard InChI is InChI=1S/C17H21FN4O2/c1-22-9-8-19-16(22)15(13-6-2-3-7-14(13)18)21-17(23)20-11-12-5-4-10-24-12/h2-3,6-9,12,15H,4-5,10-11H2,1H3,(H2,20,21,23)/t12-,15+/m1/s1. The summed E-state index contributed by atoms with van der Waals surface area (Å²) in [4.78, 5) is 16.5. The van der Waals surface area contributed by atoms with Crippen LogP contribution in [0.25, 0.3) is 0 Å². The highest BCUT2D eigenvalue weighted by Crippen LogP contribution is 2.23. The molecule has 2 aromatic rings. The summed E-state index contributed by atoms with van der Waals surface area (Å²) < 4.78 is 21.5. The van der Waals surface area contributed by atoms with E-state index < -0.39 is 6.04 Å². The SMILES string of the molecule is Cn1ccnc1[C@@H](NC(=O)NC[C@H]1CCCO1)c1ccccc1F. The number of benzene rings is 1. The molecule has 2 N–H and O–H groups in total. The van der Waals surface area contributed by atoms with Crippen LogP contribution in [0.15, 0.2) is 36.7 Å². The van der Waals surface area contributed by atoms with Gasteiger partial charge in [0.1, 0.15) is 17.7 Å². The molecule has 1 aromatic carbocycles. The Morgan fingerprint density at radius 2 is 2.33 bits per heavy atom. The maximum Gasteiger partial charge on any atom is 0.315 e. The topological polar surface area (TPSA) is 68.2 Å². The molecule has 24 heavy (non-hydrogen) atoms. The number of aromatic nitrogens is 2. The quantitative estimate of drug-likeness (QED) is 0.881. The fourth-order valence-electron chi connectivity index (χ4n) is 2.84. The van der Waals surface area contributed by atoms with Crippen molar-refractivity contribution in [2.24, 2.45) is 7.05 Å². The van der Waals surface area contributed by atoms with Crippen LogP contribution in [-0.2, 0) is 11.8 Å². The molecule has 0 bridgehead atoms.